The van der Waals surface area contributed by atoms with E-state index in [-0.39, 0.29) is 25.3 Å². The Labute approximate surface area is 225 Å². The SMILES string of the molecule is CC(C)(C)OCC(CNc1ccc(Br)cc1C(=O)O)NC(=O)OCc1cccc2c1Cc1ccccc1-2. The topological polar surface area (TPSA) is 96.9 Å². The van der Waals surface area contributed by atoms with Gasteiger partial charge in [-0.3, -0.25) is 0 Å². The molecular formula is C29H31BrN2O5. The van der Waals surface area contributed by atoms with Gasteiger partial charge in [0.25, 0.3) is 0 Å². The molecule has 3 aromatic rings. The first-order chi connectivity index (χ1) is 17.6. The Hall–Kier alpha value is -3.36. The molecule has 8 heteroatoms. The van der Waals surface area contributed by atoms with Crippen LogP contribution in [0.25, 0.3) is 11.1 Å². The van der Waals surface area contributed by atoms with Gasteiger partial charge in [-0.15, -0.1) is 0 Å². The lowest BCUT2D eigenvalue weighted by Gasteiger charge is -2.26. The molecule has 0 spiro atoms. The number of ether oxygens (including phenoxy) is 2. The third-order valence-electron chi connectivity index (χ3n) is 6.10. The van der Waals surface area contributed by atoms with Gasteiger partial charge in [0.2, 0.25) is 0 Å². The van der Waals surface area contributed by atoms with Crippen molar-refractivity contribution in [3.63, 3.8) is 0 Å². The number of anilines is 1. The van der Waals surface area contributed by atoms with Crippen LogP contribution >= 0.6 is 15.9 Å². The van der Waals surface area contributed by atoms with Crippen LogP contribution in [0.5, 0.6) is 0 Å². The molecule has 3 aromatic carbocycles. The molecule has 1 atom stereocenters. The summed E-state index contributed by atoms with van der Waals surface area (Å²) in [5.41, 5.74) is 6.01. The number of nitrogens with one attached hydrogen (secondary N) is 2. The van der Waals surface area contributed by atoms with Crippen LogP contribution in [-0.2, 0) is 22.5 Å². The molecule has 3 N–H and O–H groups in total. The van der Waals surface area contributed by atoms with Crippen LogP contribution in [0.1, 0.15) is 47.8 Å². The van der Waals surface area contributed by atoms with Crippen molar-refractivity contribution >= 4 is 33.7 Å². The summed E-state index contributed by atoms with van der Waals surface area (Å²) in [6, 6.07) is 18.9. The number of fused-ring (bicyclic) bond motifs is 3. The molecule has 1 aliphatic rings. The number of carboxylic acid groups (broad SMARTS) is 1. The smallest absolute Gasteiger partial charge is 0.407 e. The number of halogens is 1. The molecule has 0 aromatic heterocycles. The predicted molar refractivity (Wildman–Crippen MR) is 147 cm³/mol. The van der Waals surface area contributed by atoms with E-state index in [4.69, 9.17) is 9.47 Å². The average Bonchev–Trinajstić information content (AvgIpc) is 3.23. The van der Waals surface area contributed by atoms with Crippen LogP contribution in [0.15, 0.2) is 65.1 Å². The fourth-order valence-corrected chi connectivity index (χ4v) is 4.65. The molecule has 37 heavy (non-hydrogen) atoms. The molecule has 1 unspecified atom stereocenters. The number of hydrogen-bond donors (Lipinski definition) is 3. The van der Waals surface area contributed by atoms with E-state index in [0.29, 0.717) is 10.2 Å². The van der Waals surface area contributed by atoms with Crippen LogP contribution in [0.3, 0.4) is 0 Å². The Morgan fingerprint density at radius 1 is 1.05 bits per heavy atom. The van der Waals surface area contributed by atoms with Crippen molar-refractivity contribution in [2.24, 2.45) is 0 Å². The number of carboxylic acids is 1. The third kappa shape index (κ3) is 6.90. The van der Waals surface area contributed by atoms with E-state index < -0.39 is 23.7 Å². The van der Waals surface area contributed by atoms with Crippen molar-refractivity contribution in [2.75, 3.05) is 18.5 Å². The number of aromatic carboxylic acids is 1. The van der Waals surface area contributed by atoms with Gasteiger partial charge in [-0.25, -0.2) is 9.59 Å². The Morgan fingerprint density at radius 3 is 2.57 bits per heavy atom. The second-order valence-corrected chi connectivity index (χ2v) is 10.9. The molecule has 0 saturated heterocycles. The first-order valence-electron chi connectivity index (χ1n) is 12.1. The van der Waals surface area contributed by atoms with E-state index in [1.54, 1.807) is 12.1 Å². The van der Waals surface area contributed by atoms with Gasteiger partial charge in [-0.05, 0) is 73.2 Å². The van der Waals surface area contributed by atoms with Gasteiger partial charge in [0.1, 0.15) is 6.61 Å². The lowest BCUT2D eigenvalue weighted by Crippen LogP contribution is -2.44. The summed E-state index contributed by atoms with van der Waals surface area (Å²) in [7, 11) is 0. The van der Waals surface area contributed by atoms with Crippen LogP contribution in [0.2, 0.25) is 0 Å². The number of alkyl carbamates (subject to hydrolysis) is 1. The number of rotatable bonds is 9. The zero-order chi connectivity index (χ0) is 26.6. The maximum absolute atomic E-state index is 12.8. The zero-order valence-corrected chi connectivity index (χ0v) is 22.7. The molecule has 0 heterocycles. The minimum absolute atomic E-state index is 0.131. The summed E-state index contributed by atoms with van der Waals surface area (Å²) in [4.78, 5) is 24.4. The number of hydrogen-bond acceptors (Lipinski definition) is 5. The van der Waals surface area contributed by atoms with Crippen molar-refractivity contribution in [1.82, 2.24) is 5.32 Å². The van der Waals surface area contributed by atoms with E-state index in [0.717, 1.165) is 12.0 Å². The van der Waals surface area contributed by atoms with E-state index in [1.807, 2.05) is 45.0 Å². The van der Waals surface area contributed by atoms with Gasteiger partial charge in [0.15, 0.2) is 0 Å². The first kappa shape index (κ1) is 26.7. The van der Waals surface area contributed by atoms with Crippen LogP contribution in [-0.4, -0.2) is 42.0 Å². The molecule has 194 valence electrons. The minimum atomic E-state index is -1.05. The number of carbonyl (C=O) groups excluding carboxylic acids is 1. The normalized spacial score (nSPS) is 12.9. The fourth-order valence-electron chi connectivity index (χ4n) is 4.29. The van der Waals surface area contributed by atoms with Crippen molar-refractivity contribution in [1.29, 1.82) is 0 Å². The highest BCUT2D eigenvalue weighted by Crippen LogP contribution is 2.38. The number of benzene rings is 3. The van der Waals surface area contributed by atoms with Crippen LogP contribution < -0.4 is 10.6 Å². The highest BCUT2D eigenvalue weighted by Gasteiger charge is 2.22. The second-order valence-electron chi connectivity index (χ2n) is 9.99. The van der Waals surface area contributed by atoms with Gasteiger partial charge in [-0.1, -0.05) is 58.4 Å². The van der Waals surface area contributed by atoms with Crippen molar-refractivity contribution in [3.05, 3.63) is 87.4 Å². The standard InChI is InChI=1S/C29H31BrN2O5/c1-29(2,3)37-17-21(15-31-26-12-11-20(30)14-25(26)27(33)34)32-28(35)36-16-19-8-6-10-23-22-9-5-4-7-18(22)13-24(19)23/h4-12,14,21,31H,13,15-17H2,1-3H3,(H,32,35)(H,33,34). The molecule has 0 fully saturated rings. The lowest BCUT2D eigenvalue weighted by molar-refractivity contribution is -0.0131. The monoisotopic (exact) mass is 566 g/mol. The third-order valence-corrected chi connectivity index (χ3v) is 6.59. The Kier molecular flexibility index (Phi) is 8.19. The molecule has 7 nitrogen and oxygen atoms in total. The summed E-state index contributed by atoms with van der Waals surface area (Å²) in [6.45, 7) is 6.42. The quantitative estimate of drug-likeness (QED) is 0.222. The Balaban J connectivity index is 1.40. The van der Waals surface area contributed by atoms with Gasteiger partial charge in [0, 0.05) is 16.7 Å². The van der Waals surface area contributed by atoms with E-state index in [9.17, 15) is 14.7 Å². The second kappa shape index (κ2) is 11.4. The number of amides is 1. The molecule has 4 rings (SSSR count). The fraction of sp³-hybridized carbons (Fsp3) is 0.310. The van der Waals surface area contributed by atoms with Gasteiger partial charge in [0.05, 0.1) is 23.8 Å². The Bertz CT molecular complexity index is 1300. The molecule has 1 amide bonds. The largest absolute Gasteiger partial charge is 0.478 e. The molecular weight excluding hydrogens is 536 g/mol. The molecule has 0 radical (unpaired) electrons. The highest BCUT2D eigenvalue weighted by molar-refractivity contribution is 9.10. The molecule has 0 saturated carbocycles. The zero-order valence-electron chi connectivity index (χ0n) is 21.1. The first-order valence-corrected chi connectivity index (χ1v) is 12.9. The average molecular weight is 567 g/mol. The van der Waals surface area contributed by atoms with Crippen molar-refractivity contribution < 1.29 is 24.2 Å². The van der Waals surface area contributed by atoms with Crippen LogP contribution in [0, 0.1) is 0 Å². The number of carbonyl (C=O) groups is 2. The summed E-state index contributed by atoms with van der Waals surface area (Å²) in [6.07, 6.45) is 0.254. The van der Waals surface area contributed by atoms with Gasteiger partial charge >= 0.3 is 12.1 Å². The summed E-state index contributed by atoms with van der Waals surface area (Å²) >= 11 is 3.30. The molecule has 0 aliphatic heterocycles. The highest BCUT2D eigenvalue weighted by atomic mass is 79.9. The summed E-state index contributed by atoms with van der Waals surface area (Å²) in [5.74, 6) is -1.05. The summed E-state index contributed by atoms with van der Waals surface area (Å²) < 4.78 is 12.2. The predicted octanol–water partition coefficient (Wildman–Crippen LogP) is 6.24. The molecule has 1 aliphatic carbocycles. The summed E-state index contributed by atoms with van der Waals surface area (Å²) in [5, 5.41) is 15.5. The van der Waals surface area contributed by atoms with Gasteiger partial charge < -0.3 is 25.2 Å². The van der Waals surface area contributed by atoms with Crippen molar-refractivity contribution in [2.45, 2.75) is 45.4 Å². The maximum atomic E-state index is 12.8. The Morgan fingerprint density at radius 2 is 1.81 bits per heavy atom. The maximum Gasteiger partial charge on any atom is 0.407 e. The van der Waals surface area contributed by atoms with E-state index >= 15 is 0 Å². The van der Waals surface area contributed by atoms with E-state index in [2.05, 4.69) is 44.8 Å². The lowest BCUT2D eigenvalue weighted by atomic mass is 10.0. The van der Waals surface area contributed by atoms with Gasteiger partial charge in [-0.2, -0.15) is 0 Å². The minimum Gasteiger partial charge on any atom is -0.478 e. The van der Waals surface area contributed by atoms with E-state index in [1.165, 1.54) is 28.3 Å². The molecule has 0 bridgehead atoms. The van der Waals surface area contributed by atoms with Crippen LogP contribution in [0.4, 0.5) is 10.5 Å². The van der Waals surface area contributed by atoms with Crippen molar-refractivity contribution in [3.8, 4) is 11.1 Å².